The van der Waals surface area contributed by atoms with Crippen LogP contribution in [0.5, 0.6) is 0 Å². The number of amides is 1. The van der Waals surface area contributed by atoms with E-state index in [0.29, 0.717) is 10.6 Å². The minimum absolute atomic E-state index is 0.254. The zero-order valence-electron chi connectivity index (χ0n) is 14.4. The van der Waals surface area contributed by atoms with Crippen LogP contribution in [0.2, 0.25) is 5.02 Å². The van der Waals surface area contributed by atoms with Crippen molar-refractivity contribution in [1.82, 2.24) is 0 Å². The van der Waals surface area contributed by atoms with E-state index >= 15 is 0 Å². The number of para-hydroxylation sites is 1. The first kappa shape index (κ1) is 19.5. The van der Waals surface area contributed by atoms with Gasteiger partial charge < -0.3 is 5.32 Å². The highest BCUT2D eigenvalue weighted by Crippen LogP contribution is 2.23. The molecule has 2 aromatic rings. The Balaban J connectivity index is 2.14. The Hall–Kier alpha value is -1.85. The van der Waals surface area contributed by atoms with Crippen LogP contribution < -0.4 is 5.32 Å². The monoisotopic (exact) mass is 379 g/mol. The molecule has 0 fully saturated rings. The number of sulfone groups is 1. The topological polar surface area (TPSA) is 63.2 Å². The van der Waals surface area contributed by atoms with Crippen LogP contribution in [-0.4, -0.2) is 20.1 Å². The van der Waals surface area contributed by atoms with Crippen LogP contribution in [-0.2, 0) is 33.2 Å². The summed E-state index contributed by atoms with van der Waals surface area (Å²) in [7, 11) is -3.61. The summed E-state index contributed by atoms with van der Waals surface area (Å²) in [6.45, 7) is 4.00. The number of rotatable bonds is 7. The van der Waals surface area contributed by atoms with Crippen molar-refractivity contribution in [3.05, 3.63) is 64.2 Å². The highest BCUT2D eigenvalue weighted by atomic mass is 35.5. The first-order valence-corrected chi connectivity index (χ1v) is 10.4. The quantitative estimate of drug-likeness (QED) is 0.790. The van der Waals surface area contributed by atoms with Crippen molar-refractivity contribution in [3.63, 3.8) is 0 Å². The van der Waals surface area contributed by atoms with Gasteiger partial charge >= 0.3 is 0 Å². The molecule has 0 aliphatic rings. The first-order chi connectivity index (χ1) is 11.9. The van der Waals surface area contributed by atoms with Gasteiger partial charge in [-0.2, -0.15) is 0 Å². The third-order valence-corrected chi connectivity index (χ3v) is 5.77. The Morgan fingerprint density at radius 1 is 0.960 bits per heavy atom. The molecule has 1 amide bonds. The fourth-order valence-electron chi connectivity index (χ4n) is 2.68. The third-order valence-electron chi connectivity index (χ3n) is 3.95. The lowest BCUT2D eigenvalue weighted by Crippen LogP contribution is -2.25. The van der Waals surface area contributed by atoms with E-state index in [1.165, 1.54) is 0 Å². The zero-order valence-corrected chi connectivity index (χ0v) is 16.0. The normalized spacial score (nSPS) is 11.3. The Bertz CT molecular complexity index is 840. The molecule has 0 saturated carbocycles. The molecule has 6 heteroatoms. The number of hydrogen-bond donors (Lipinski definition) is 1. The molecular formula is C19H22ClNO3S. The van der Waals surface area contributed by atoms with Gasteiger partial charge in [0.05, 0.1) is 5.75 Å². The maximum atomic E-state index is 12.3. The van der Waals surface area contributed by atoms with E-state index in [9.17, 15) is 13.2 Å². The van der Waals surface area contributed by atoms with Crippen LogP contribution in [0.25, 0.3) is 0 Å². The molecule has 1 N–H and O–H groups in total. The lowest BCUT2D eigenvalue weighted by Gasteiger charge is -2.14. The lowest BCUT2D eigenvalue weighted by molar-refractivity contribution is -0.113. The van der Waals surface area contributed by atoms with Crippen LogP contribution in [0.1, 0.15) is 30.5 Å². The van der Waals surface area contributed by atoms with Gasteiger partial charge in [0.2, 0.25) is 5.91 Å². The second-order valence-corrected chi connectivity index (χ2v) is 8.30. The molecule has 2 aromatic carbocycles. The molecule has 2 rings (SSSR count). The predicted molar refractivity (Wildman–Crippen MR) is 103 cm³/mol. The molecule has 0 unspecified atom stereocenters. The molecule has 0 radical (unpaired) electrons. The maximum absolute atomic E-state index is 12.3. The van der Waals surface area contributed by atoms with Crippen LogP contribution in [0.15, 0.2) is 42.5 Å². The number of halogens is 1. The second-order valence-electron chi connectivity index (χ2n) is 5.83. The van der Waals surface area contributed by atoms with Crippen LogP contribution in [0.4, 0.5) is 5.69 Å². The van der Waals surface area contributed by atoms with Crippen molar-refractivity contribution in [3.8, 4) is 0 Å². The van der Waals surface area contributed by atoms with Gasteiger partial charge in [0.15, 0.2) is 9.84 Å². The number of anilines is 1. The Labute approximate surface area is 154 Å². The van der Waals surface area contributed by atoms with Crippen molar-refractivity contribution in [1.29, 1.82) is 0 Å². The van der Waals surface area contributed by atoms with E-state index in [1.54, 1.807) is 24.3 Å². The average molecular weight is 380 g/mol. The van der Waals surface area contributed by atoms with Crippen molar-refractivity contribution in [2.45, 2.75) is 32.4 Å². The number of nitrogens with one attached hydrogen (secondary N) is 1. The third kappa shape index (κ3) is 5.31. The van der Waals surface area contributed by atoms with Gasteiger partial charge in [-0.05, 0) is 35.6 Å². The Morgan fingerprint density at radius 2 is 1.52 bits per heavy atom. The number of hydrogen-bond acceptors (Lipinski definition) is 3. The Morgan fingerprint density at radius 3 is 2.08 bits per heavy atom. The fraction of sp³-hybridized carbons (Fsp3) is 0.316. The zero-order chi connectivity index (χ0) is 18.4. The number of carbonyl (C=O) groups excluding carboxylic acids is 1. The second kappa shape index (κ2) is 8.50. The van der Waals surface area contributed by atoms with E-state index < -0.39 is 21.5 Å². The summed E-state index contributed by atoms with van der Waals surface area (Å²) in [5, 5.41) is 3.17. The number of benzene rings is 2. The molecule has 0 heterocycles. The molecular weight excluding hydrogens is 358 g/mol. The molecule has 0 aromatic heterocycles. The van der Waals surface area contributed by atoms with Gasteiger partial charge in [0.25, 0.3) is 0 Å². The highest BCUT2D eigenvalue weighted by Gasteiger charge is 2.20. The summed E-state index contributed by atoms with van der Waals surface area (Å²) in [4.78, 5) is 12.3. The minimum Gasteiger partial charge on any atom is -0.325 e. The summed E-state index contributed by atoms with van der Waals surface area (Å²) < 4.78 is 24.7. The van der Waals surface area contributed by atoms with E-state index in [1.807, 2.05) is 32.0 Å². The van der Waals surface area contributed by atoms with Crippen LogP contribution >= 0.6 is 11.6 Å². The van der Waals surface area contributed by atoms with Gasteiger partial charge in [0, 0.05) is 10.7 Å². The molecule has 0 aliphatic carbocycles. The highest BCUT2D eigenvalue weighted by molar-refractivity contribution is 7.91. The smallest absolute Gasteiger partial charge is 0.239 e. The van der Waals surface area contributed by atoms with Gasteiger partial charge in [-0.25, -0.2) is 8.42 Å². The van der Waals surface area contributed by atoms with Crippen molar-refractivity contribution < 1.29 is 13.2 Å². The molecule has 4 nitrogen and oxygen atoms in total. The SMILES string of the molecule is CCc1cccc(CC)c1NC(=O)CS(=O)(=O)Cc1ccccc1Cl. The largest absolute Gasteiger partial charge is 0.325 e. The van der Waals surface area contributed by atoms with Crippen molar-refractivity contribution in [2.75, 3.05) is 11.1 Å². The van der Waals surface area contributed by atoms with Gasteiger partial charge in [-0.15, -0.1) is 0 Å². The number of aryl methyl sites for hydroxylation is 2. The molecule has 0 bridgehead atoms. The Kier molecular flexibility index (Phi) is 6.62. The van der Waals surface area contributed by atoms with E-state index in [4.69, 9.17) is 11.6 Å². The van der Waals surface area contributed by atoms with E-state index in [-0.39, 0.29) is 5.75 Å². The minimum atomic E-state index is -3.61. The van der Waals surface area contributed by atoms with Gasteiger partial charge in [-0.3, -0.25) is 4.79 Å². The summed E-state index contributed by atoms with van der Waals surface area (Å²) in [5.74, 6) is -1.35. The summed E-state index contributed by atoms with van der Waals surface area (Å²) in [6.07, 6.45) is 1.52. The number of carbonyl (C=O) groups is 1. The molecule has 0 saturated heterocycles. The molecule has 134 valence electrons. The summed E-state index contributed by atoms with van der Waals surface area (Å²) in [5.41, 5.74) is 3.22. The fourth-order valence-corrected chi connectivity index (χ4v) is 4.26. The maximum Gasteiger partial charge on any atom is 0.239 e. The summed E-state index contributed by atoms with van der Waals surface area (Å²) in [6, 6.07) is 12.6. The van der Waals surface area contributed by atoms with E-state index in [2.05, 4.69) is 5.32 Å². The standard InChI is InChI=1S/C19H22ClNO3S/c1-3-14-9-7-10-15(4-2)19(14)21-18(22)13-25(23,24)12-16-8-5-6-11-17(16)20/h5-11H,3-4,12-13H2,1-2H3,(H,21,22). The molecule has 0 aliphatic heterocycles. The van der Waals surface area contributed by atoms with E-state index in [0.717, 1.165) is 29.7 Å². The van der Waals surface area contributed by atoms with Crippen molar-refractivity contribution in [2.24, 2.45) is 0 Å². The van der Waals surface area contributed by atoms with Crippen molar-refractivity contribution >= 4 is 33.0 Å². The van der Waals surface area contributed by atoms with Gasteiger partial charge in [-0.1, -0.05) is 61.8 Å². The predicted octanol–water partition coefficient (Wildman–Crippen LogP) is 4.02. The first-order valence-electron chi connectivity index (χ1n) is 8.20. The lowest BCUT2D eigenvalue weighted by atomic mass is 10.0. The van der Waals surface area contributed by atoms with Crippen LogP contribution in [0.3, 0.4) is 0 Å². The van der Waals surface area contributed by atoms with Gasteiger partial charge in [0.1, 0.15) is 5.75 Å². The van der Waals surface area contributed by atoms with Crippen LogP contribution in [0, 0.1) is 0 Å². The average Bonchev–Trinajstić information content (AvgIpc) is 2.56. The molecule has 0 spiro atoms. The molecule has 0 atom stereocenters. The summed E-state index contributed by atoms with van der Waals surface area (Å²) >= 11 is 6.01. The molecule has 25 heavy (non-hydrogen) atoms.